The molecule has 1 N–H and O–H groups in total. The monoisotopic (exact) mass is 419 g/mol. The Kier molecular flexibility index (Phi) is 5.67. The molecule has 1 amide bonds. The smallest absolute Gasteiger partial charge is 0.278 e. The van der Waals surface area contributed by atoms with Crippen LogP contribution in [-0.4, -0.2) is 37.7 Å². The normalized spacial score (nSPS) is 11.0. The number of fused-ring (bicyclic) bond motifs is 1. The molecule has 0 atom stereocenters. The van der Waals surface area contributed by atoms with E-state index in [2.05, 4.69) is 15.0 Å². The predicted molar refractivity (Wildman–Crippen MR) is 119 cm³/mol. The quantitative estimate of drug-likeness (QED) is 0.483. The van der Waals surface area contributed by atoms with Gasteiger partial charge in [0.15, 0.2) is 16.3 Å². The molecule has 4 rings (SSSR count). The highest BCUT2D eigenvalue weighted by Gasteiger charge is 2.20. The van der Waals surface area contributed by atoms with Crippen molar-refractivity contribution in [3.8, 4) is 5.69 Å². The number of H-pyrrole nitrogens is 1. The van der Waals surface area contributed by atoms with Gasteiger partial charge in [-0.3, -0.25) is 14.2 Å². The Balaban J connectivity index is 1.66. The molecule has 0 aliphatic rings. The second kappa shape index (κ2) is 8.54. The van der Waals surface area contributed by atoms with E-state index in [1.807, 2.05) is 73.0 Å². The number of hydrogen-bond acceptors (Lipinski definition) is 5. The van der Waals surface area contributed by atoms with Gasteiger partial charge in [-0.2, -0.15) is 0 Å². The molecule has 0 aliphatic carbocycles. The van der Waals surface area contributed by atoms with Gasteiger partial charge < -0.3 is 9.88 Å². The number of anilines is 1. The van der Waals surface area contributed by atoms with Crippen molar-refractivity contribution in [1.82, 2.24) is 19.5 Å². The minimum Gasteiger partial charge on any atom is -0.312 e. The molecule has 2 heterocycles. The first-order chi connectivity index (χ1) is 14.6. The van der Waals surface area contributed by atoms with Crippen molar-refractivity contribution in [2.75, 3.05) is 17.2 Å². The van der Waals surface area contributed by atoms with Crippen LogP contribution in [-0.2, 0) is 4.79 Å². The Morgan fingerprint density at radius 1 is 1.17 bits per heavy atom. The van der Waals surface area contributed by atoms with Gasteiger partial charge in [-0.15, -0.1) is 0 Å². The van der Waals surface area contributed by atoms with Gasteiger partial charge in [-0.1, -0.05) is 42.1 Å². The van der Waals surface area contributed by atoms with E-state index in [-0.39, 0.29) is 22.7 Å². The maximum atomic E-state index is 13.0. The van der Waals surface area contributed by atoms with Crippen LogP contribution in [0.5, 0.6) is 0 Å². The van der Waals surface area contributed by atoms with Crippen molar-refractivity contribution in [3.05, 3.63) is 76.8 Å². The van der Waals surface area contributed by atoms with Gasteiger partial charge in [0.2, 0.25) is 5.91 Å². The fraction of sp³-hybridized carbons (Fsp3) is 0.182. The number of hydrogen-bond donors (Lipinski definition) is 1. The molecular weight excluding hydrogens is 398 g/mol. The van der Waals surface area contributed by atoms with Crippen molar-refractivity contribution in [1.29, 1.82) is 0 Å². The lowest BCUT2D eigenvalue weighted by molar-refractivity contribution is -0.116. The molecule has 0 radical (unpaired) electrons. The lowest BCUT2D eigenvalue weighted by Gasteiger charge is -2.21. The van der Waals surface area contributed by atoms with Crippen LogP contribution < -0.4 is 10.5 Å². The standard InChI is InChI=1S/C22H21N5O2S/c1-3-26(17-11-7-8-15(2)12-17)18(28)13-30-22-25-19-20(23-14-24-21(19)29)27(22)16-9-5-4-6-10-16/h4-12,14H,3,13H2,1-2H3,(H,23,24,29). The van der Waals surface area contributed by atoms with Crippen molar-refractivity contribution in [2.45, 2.75) is 19.0 Å². The SMILES string of the molecule is CCN(C(=O)CSc1nc2c(=O)[nH]cnc2n1-c1ccccc1)c1cccc(C)c1. The van der Waals surface area contributed by atoms with Gasteiger partial charge in [0.1, 0.15) is 0 Å². The highest BCUT2D eigenvalue weighted by Crippen LogP contribution is 2.26. The van der Waals surface area contributed by atoms with Crippen LogP contribution in [0.2, 0.25) is 0 Å². The zero-order valence-corrected chi connectivity index (χ0v) is 17.5. The number of nitrogens with zero attached hydrogens (tertiary/aromatic N) is 4. The van der Waals surface area contributed by atoms with Crippen molar-refractivity contribution in [3.63, 3.8) is 0 Å². The summed E-state index contributed by atoms with van der Waals surface area (Å²) in [6, 6.07) is 17.4. The summed E-state index contributed by atoms with van der Waals surface area (Å²) >= 11 is 1.29. The fourth-order valence-electron chi connectivity index (χ4n) is 3.29. The summed E-state index contributed by atoms with van der Waals surface area (Å²) in [7, 11) is 0. The lowest BCUT2D eigenvalue weighted by Crippen LogP contribution is -2.32. The second-order valence-electron chi connectivity index (χ2n) is 6.73. The summed E-state index contributed by atoms with van der Waals surface area (Å²) in [4.78, 5) is 38.3. The van der Waals surface area contributed by atoms with E-state index in [1.54, 1.807) is 4.90 Å². The highest BCUT2D eigenvalue weighted by atomic mass is 32.2. The molecule has 0 fully saturated rings. The van der Waals surface area contributed by atoms with Gasteiger partial charge in [0.25, 0.3) is 5.56 Å². The van der Waals surface area contributed by atoms with Crippen LogP contribution in [0.3, 0.4) is 0 Å². The van der Waals surface area contributed by atoms with E-state index in [9.17, 15) is 9.59 Å². The van der Waals surface area contributed by atoms with Crippen molar-refractivity contribution < 1.29 is 4.79 Å². The largest absolute Gasteiger partial charge is 0.312 e. The molecule has 2 aromatic heterocycles. The van der Waals surface area contributed by atoms with Gasteiger partial charge in [-0.05, 0) is 43.7 Å². The number of thioether (sulfide) groups is 1. The number of para-hydroxylation sites is 1. The van der Waals surface area contributed by atoms with Gasteiger partial charge >= 0.3 is 0 Å². The molecule has 30 heavy (non-hydrogen) atoms. The Morgan fingerprint density at radius 2 is 1.97 bits per heavy atom. The minimum absolute atomic E-state index is 0.0263. The maximum Gasteiger partial charge on any atom is 0.278 e. The van der Waals surface area contributed by atoms with Crippen LogP contribution in [0.15, 0.2) is 70.9 Å². The van der Waals surface area contributed by atoms with E-state index in [0.29, 0.717) is 17.3 Å². The first-order valence-corrected chi connectivity index (χ1v) is 10.6. The summed E-state index contributed by atoms with van der Waals surface area (Å²) in [5.41, 5.74) is 3.21. The molecule has 152 valence electrons. The van der Waals surface area contributed by atoms with E-state index in [1.165, 1.54) is 18.1 Å². The molecule has 0 saturated heterocycles. The number of aromatic nitrogens is 4. The Morgan fingerprint density at radius 3 is 2.70 bits per heavy atom. The van der Waals surface area contributed by atoms with Gasteiger partial charge in [-0.25, -0.2) is 9.97 Å². The summed E-state index contributed by atoms with van der Waals surface area (Å²) in [5.74, 6) is 0.164. The summed E-state index contributed by atoms with van der Waals surface area (Å²) in [6.07, 6.45) is 1.36. The minimum atomic E-state index is -0.308. The third-order valence-electron chi connectivity index (χ3n) is 4.69. The number of imidazole rings is 1. The molecular formula is C22H21N5O2S. The van der Waals surface area contributed by atoms with E-state index in [0.717, 1.165) is 16.9 Å². The third kappa shape index (κ3) is 3.86. The molecule has 0 saturated carbocycles. The number of carbonyl (C=O) groups is 1. The molecule has 7 nitrogen and oxygen atoms in total. The van der Waals surface area contributed by atoms with Crippen LogP contribution in [0, 0.1) is 6.92 Å². The molecule has 0 spiro atoms. The zero-order chi connectivity index (χ0) is 21.1. The lowest BCUT2D eigenvalue weighted by atomic mass is 10.2. The van der Waals surface area contributed by atoms with Crippen LogP contribution in [0.1, 0.15) is 12.5 Å². The zero-order valence-electron chi connectivity index (χ0n) is 16.7. The number of aryl methyl sites for hydroxylation is 1. The summed E-state index contributed by atoms with van der Waals surface area (Å²) in [5, 5.41) is 0.550. The van der Waals surface area contributed by atoms with E-state index < -0.39 is 0 Å². The molecule has 0 aliphatic heterocycles. The Hall–Kier alpha value is -3.39. The van der Waals surface area contributed by atoms with Gasteiger partial charge in [0, 0.05) is 17.9 Å². The fourth-order valence-corrected chi connectivity index (χ4v) is 4.18. The number of nitrogens with one attached hydrogen (secondary N) is 1. The number of benzene rings is 2. The summed E-state index contributed by atoms with van der Waals surface area (Å²) in [6.45, 7) is 4.52. The predicted octanol–water partition coefficient (Wildman–Crippen LogP) is 3.56. The van der Waals surface area contributed by atoms with E-state index in [4.69, 9.17) is 0 Å². The summed E-state index contributed by atoms with van der Waals surface area (Å²) < 4.78 is 1.81. The number of carbonyl (C=O) groups excluding carboxylic acids is 1. The topological polar surface area (TPSA) is 83.9 Å². The van der Waals surface area contributed by atoms with E-state index >= 15 is 0 Å². The van der Waals surface area contributed by atoms with Crippen molar-refractivity contribution in [2.24, 2.45) is 0 Å². The first-order valence-electron chi connectivity index (χ1n) is 9.60. The molecule has 0 bridgehead atoms. The first kappa shape index (κ1) is 19.9. The van der Waals surface area contributed by atoms with Crippen LogP contribution >= 0.6 is 11.8 Å². The second-order valence-corrected chi connectivity index (χ2v) is 7.68. The highest BCUT2D eigenvalue weighted by molar-refractivity contribution is 7.99. The average Bonchev–Trinajstić information content (AvgIpc) is 3.13. The van der Waals surface area contributed by atoms with Gasteiger partial charge in [0.05, 0.1) is 12.1 Å². The number of aromatic amines is 1. The Labute approximate surface area is 177 Å². The number of amides is 1. The van der Waals surface area contributed by atoms with Crippen LogP contribution in [0.25, 0.3) is 16.9 Å². The average molecular weight is 420 g/mol. The van der Waals surface area contributed by atoms with Crippen LogP contribution in [0.4, 0.5) is 5.69 Å². The third-order valence-corrected chi connectivity index (χ3v) is 5.61. The molecule has 2 aromatic carbocycles. The maximum absolute atomic E-state index is 13.0. The number of rotatable bonds is 6. The molecule has 8 heteroatoms. The Bertz CT molecular complexity index is 1250. The molecule has 4 aromatic rings. The molecule has 0 unspecified atom stereocenters. The van der Waals surface area contributed by atoms with Crippen molar-refractivity contribution >= 4 is 34.5 Å².